The molecule has 0 heterocycles. The summed E-state index contributed by atoms with van der Waals surface area (Å²) in [5.74, 6) is 0.571. The van der Waals surface area contributed by atoms with Gasteiger partial charge in [-0.1, -0.05) is 67.5 Å². The maximum absolute atomic E-state index is 4.16. The third-order valence-corrected chi connectivity index (χ3v) is 3.83. The molecule has 0 heteroatoms. The Labute approximate surface area is 125 Å². The quantitative estimate of drug-likeness (QED) is 0.475. The highest BCUT2D eigenvalue weighted by Crippen LogP contribution is 2.18. The second-order valence-corrected chi connectivity index (χ2v) is 6.23. The van der Waals surface area contributed by atoms with Crippen molar-refractivity contribution in [3.63, 3.8) is 0 Å². The third kappa shape index (κ3) is 6.75. The van der Waals surface area contributed by atoms with Crippen LogP contribution in [-0.4, -0.2) is 0 Å². The van der Waals surface area contributed by atoms with Crippen molar-refractivity contribution in [1.29, 1.82) is 0 Å². The standard InChI is InChI=1S/C20H30/c1-16(2)20-14-12-18(4)10-6-8-17(3)9-7-11-19(5)13-15-20/h8,11-12,14-16H,4,6-7,9-10,13H2,1-3,5H3/b14-12+,17-8+,19-11+,20-15+. The summed E-state index contributed by atoms with van der Waals surface area (Å²) in [4.78, 5) is 0. The SMILES string of the molecule is C=C1/C=C/C(C(C)C)=C\C/C(C)=C/CC/C(C)=C/CC1. The minimum Gasteiger partial charge on any atom is -0.0958 e. The van der Waals surface area contributed by atoms with Gasteiger partial charge in [-0.05, 0) is 57.4 Å². The summed E-state index contributed by atoms with van der Waals surface area (Å²) in [5.41, 5.74) is 5.62. The van der Waals surface area contributed by atoms with Crippen LogP contribution >= 0.6 is 0 Å². The van der Waals surface area contributed by atoms with Crippen LogP contribution in [0.25, 0.3) is 0 Å². The van der Waals surface area contributed by atoms with E-state index in [2.05, 4.69) is 64.7 Å². The van der Waals surface area contributed by atoms with E-state index in [9.17, 15) is 0 Å². The van der Waals surface area contributed by atoms with Crippen LogP contribution < -0.4 is 0 Å². The van der Waals surface area contributed by atoms with Gasteiger partial charge in [0.2, 0.25) is 0 Å². The minimum atomic E-state index is 0.571. The van der Waals surface area contributed by atoms with E-state index in [0.29, 0.717) is 5.92 Å². The Kier molecular flexibility index (Phi) is 7.36. The van der Waals surface area contributed by atoms with Crippen molar-refractivity contribution >= 4 is 0 Å². The van der Waals surface area contributed by atoms with Crippen molar-refractivity contribution in [3.8, 4) is 0 Å². The Hall–Kier alpha value is -1.30. The zero-order valence-corrected chi connectivity index (χ0v) is 13.7. The fourth-order valence-electron chi connectivity index (χ4n) is 2.31. The Balaban J connectivity index is 2.89. The maximum atomic E-state index is 4.16. The summed E-state index contributed by atoms with van der Waals surface area (Å²) in [6.07, 6.45) is 17.2. The van der Waals surface area contributed by atoms with Crippen LogP contribution in [0.5, 0.6) is 0 Å². The van der Waals surface area contributed by atoms with Crippen molar-refractivity contribution in [2.24, 2.45) is 5.92 Å². The summed E-state index contributed by atoms with van der Waals surface area (Å²) in [6.45, 7) is 13.2. The molecule has 20 heavy (non-hydrogen) atoms. The fraction of sp³-hybridized carbons (Fsp3) is 0.500. The van der Waals surface area contributed by atoms with Gasteiger partial charge in [0.25, 0.3) is 0 Å². The Bertz CT molecular complexity index is 439. The zero-order valence-electron chi connectivity index (χ0n) is 13.7. The molecule has 0 radical (unpaired) electrons. The number of hydrogen-bond acceptors (Lipinski definition) is 0. The molecule has 0 aromatic rings. The molecular weight excluding hydrogens is 240 g/mol. The van der Waals surface area contributed by atoms with E-state index in [1.165, 1.54) is 28.7 Å². The molecule has 1 rings (SSSR count). The van der Waals surface area contributed by atoms with Gasteiger partial charge in [-0.2, -0.15) is 0 Å². The van der Waals surface area contributed by atoms with Crippen molar-refractivity contribution in [2.75, 3.05) is 0 Å². The normalized spacial score (nSPS) is 28.6. The van der Waals surface area contributed by atoms with Crippen LogP contribution in [0.4, 0.5) is 0 Å². The average Bonchev–Trinajstić information content (AvgIpc) is 2.37. The Morgan fingerprint density at radius 2 is 1.55 bits per heavy atom. The number of hydrogen-bond donors (Lipinski definition) is 0. The van der Waals surface area contributed by atoms with Crippen molar-refractivity contribution < 1.29 is 0 Å². The van der Waals surface area contributed by atoms with Crippen molar-refractivity contribution in [3.05, 3.63) is 59.3 Å². The molecule has 110 valence electrons. The summed E-state index contributed by atoms with van der Waals surface area (Å²) >= 11 is 0. The van der Waals surface area contributed by atoms with Crippen LogP contribution in [0.15, 0.2) is 59.3 Å². The topological polar surface area (TPSA) is 0 Å². The Morgan fingerprint density at radius 1 is 0.900 bits per heavy atom. The molecule has 1 aliphatic rings. The lowest BCUT2D eigenvalue weighted by molar-refractivity contribution is 0.785. The predicted octanol–water partition coefficient (Wildman–Crippen LogP) is 6.54. The van der Waals surface area contributed by atoms with Gasteiger partial charge in [0.1, 0.15) is 0 Å². The largest absolute Gasteiger partial charge is 0.0958 e. The first-order chi connectivity index (χ1) is 9.49. The minimum absolute atomic E-state index is 0.571. The van der Waals surface area contributed by atoms with Gasteiger partial charge in [-0.3, -0.25) is 0 Å². The molecule has 0 aromatic carbocycles. The van der Waals surface area contributed by atoms with Gasteiger partial charge in [0, 0.05) is 0 Å². The summed E-state index contributed by atoms with van der Waals surface area (Å²) in [7, 11) is 0. The van der Waals surface area contributed by atoms with E-state index in [4.69, 9.17) is 0 Å². The molecule has 0 saturated carbocycles. The molecule has 0 aliphatic heterocycles. The molecule has 0 bridgehead atoms. The van der Waals surface area contributed by atoms with Crippen LogP contribution in [0.2, 0.25) is 0 Å². The Morgan fingerprint density at radius 3 is 2.25 bits per heavy atom. The predicted molar refractivity (Wildman–Crippen MR) is 91.8 cm³/mol. The van der Waals surface area contributed by atoms with Gasteiger partial charge in [-0.25, -0.2) is 0 Å². The summed E-state index contributed by atoms with van der Waals surface area (Å²) < 4.78 is 0. The van der Waals surface area contributed by atoms with Gasteiger partial charge < -0.3 is 0 Å². The second-order valence-electron chi connectivity index (χ2n) is 6.23. The van der Waals surface area contributed by atoms with Gasteiger partial charge in [0.15, 0.2) is 0 Å². The van der Waals surface area contributed by atoms with Gasteiger partial charge in [-0.15, -0.1) is 0 Å². The number of allylic oxidation sites excluding steroid dienone is 9. The third-order valence-electron chi connectivity index (χ3n) is 3.83. The molecule has 0 spiro atoms. The highest BCUT2D eigenvalue weighted by Gasteiger charge is 2.00. The van der Waals surface area contributed by atoms with E-state index >= 15 is 0 Å². The first-order valence-electron chi connectivity index (χ1n) is 7.86. The molecule has 1 aliphatic carbocycles. The maximum Gasteiger partial charge on any atom is -0.0136 e. The van der Waals surface area contributed by atoms with Crippen LogP contribution in [0.1, 0.15) is 59.8 Å². The molecule has 0 aromatic heterocycles. The molecule has 0 fully saturated rings. The van der Waals surface area contributed by atoms with Crippen LogP contribution in [-0.2, 0) is 0 Å². The summed E-state index contributed by atoms with van der Waals surface area (Å²) in [5, 5.41) is 0. The van der Waals surface area contributed by atoms with Crippen molar-refractivity contribution in [1.82, 2.24) is 0 Å². The summed E-state index contributed by atoms with van der Waals surface area (Å²) in [6, 6.07) is 0. The van der Waals surface area contributed by atoms with E-state index in [1.807, 2.05) is 0 Å². The smallest absolute Gasteiger partial charge is 0.0136 e. The van der Waals surface area contributed by atoms with Gasteiger partial charge in [0.05, 0.1) is 0 Å². The molecule has 0 nitrogen and oxygen atoms in total. The van der Waals surface area contributed by atoms with E-state index in [0.717, 1.165) is 25.7 Å². The molecule has 0 unspecified atom stereocenters. The van der Waals surface area contributed by atoms with Gasteiger partial charge >= 0.3 is 0 Å². The lowest BCUT2D eigenvalue weighted by atomic mass is 9.97. The first-order valence-corrected chi connectivity index (χ1v) is 7.86. The van der Waals surface area contributed by atoms with Crippen LogP contribution in [0, 0.1) is 5.92 Å². The molecule has 0 N–H and O–H groups in total. The average molecular weight is 270 g/mol. The van der Waals surface area contributed by atoms with Crippen LogP contribution in [0.3, 0.4) is 0 Å². The van der Waals surface area contributed by atoms with E-state index in [-0.39, 0.29) is 0 Å². The lowest BCUT2D eigenvalue weighted by Crippen LogP contribution is -1.92. The highest BCUT2D eigenvalue weighted by molar-refractivity contribution is 5.29. The molecule has 0 atom stereocenters. The fourth-order valence-corrected chi connectivity index (χ4v) is 2.31. The monoisotopic (exact) mass is 270 g/mol. The first kappa shape index (κ1) is 16.8. The van der Waals surface area contributed by atoms with E-state index < -0.39 is 0 Å². The second kappa shape index (κ2) is 8.79. The molecular formula is C20H30. The number of rotatable bonds is 1. The molecule has 0 amide bonds. The highest BCUT2D eigenvalue weighted by atomic mass is 14.1. The van der Waals surface area contributed by atoms with Crippen molar-refractivity contribution in [2.45, 2.75) is 59.8 Å². The van der Waals surface area contributed by atoms with E-state index in [1.54, 1.807) is 0 Å². The zero-order chi connectivity index (χ0) is 15.0. The molecule has 0 saturated heterocycles. The lowest BCUT2D eigenvalue weighted by Gasteiger charge is -2.08.